The lowest BCUT2D eigenvalue weighted by molar-refractivity contribution is 0.297. The Kier molecular flexibility index (Phi) is 1.97. The first kappa shape index (κ1) is 7.15. The Labute approximate surface area is 60.3 Å². The van der Waals surface area contributed by atoms with Crippen LogP contribution < -0.4 is 11.5 Å². The Morgan fingerprint density at radius 3 is 2.90 bits per heavy atom. The maximum Gasteiger partial charge on any atom is 0.137 e. The summed E-state index contributed by atoms with van der Waals surface area (Å²) in [5.41, 5.74) is 11.9. The normalized spacial score (nSPS) is 25.2. The van der Waals surface area contributed by atoms with Gasteiger partial charge >= 0.3 is 0 Å². The van der Waals surface area contributed by atoms with Crippen molar-refractivity contribution in [2.75, 3.05) is 7.11 Å². The van der Waals surface area contributed by atoms with E-state index in [4.69, 9.17) is 16.2 Å². The van der Waals surface area contributed by atoms with Crippen LogP contribution in [0.2, 0.25) is 0 Å². The van der Waals surface area contributed by atoms with Crippen LogP contribution in [0.4, 0.5) is 0 Å². The molecule has 1 aliphatic carbocycles. The van der Waals surface area contributed by atoms with E-state index in [-0.39, 0.29) is 6.04 Å². The molecule has 1 unspecified atom stereocenters. The molecule has 4 N–H and O–H groups in total. The van der Waals surface area contributed by atoms with Crippen molar-refractivity contribution in [3.8, 4) is 0 Å². The molecule has 0 spiro atoms. The smallest absolute Gasteiger partial charge is 0.137 e. The lowest BCUT2D eigenvalue weighted by Gasteiger charge is -2.14. The Hall–Kier alpha value is -0.960. The molecule has 0 aliphatic heterocycles. The minimum Gasteiger partial charge on any atom is -0.495 e. The van der Waals surface area contributed by atoms with Crippen molar-refractivity contribution >= 4 is 0 Å². The number of nitrogens with two attached hydrogens (primary N) is 2. The lowest BCUT2D eigenvalue weighted by Crippen LogP contribution is -2.23. The third-order valence-corrected chi connectivity index (χ3v) is 1.49. The van der Waals surface area contributed by atoms with Gasteiger partial charge < -0.3 is 16.2 Å². The molecule has 0 bridgehead atoms. The van der Waals surface area contributed by atoms with Gasteiger partial charge in [-0.15, -0.1) is 0 Å². The summed E-state index contributed by atoms with van der Waals surface area (Å²) >= 11 is 0. The molecule has 0 fully saturated rings. The second-order valence-electron chi connectivity index (χ2n) is 2.32. The van der Waals surface area contributed by atoms with Crippen LogP contribution in [-0.2, 0) is 4.74 Å². The summed E-state index contributed by atoms with van der Waals surface area (Å²) in [4.78, 5) is 0. The summed E-state index contributed by atoms with van der Waals surface area (Å²) in [5.74, 6) is 0.738. The molecule has 3 nitrogen and oxygen atoms in total. The summed E-state index contributed by atoms with van der Waals surface area (Å²) in [6.07, 6.45) is 4.39. The predicted molar refractivity (Wildman–Crippen MR) is 40.0 cm³/mol. The third kappa shape index (κ3) is 1.30. The number of methoxy groups -OCH3 is 1. The van der Waals surface area contributed by atoms with Gasteiger partial charge in [-0.1, -0.05) is 6.08 Å². The fourth-order valence-electron chi connectivity index (χ4n) is 0.940. The second kappa shape index (κ2) is 2.75. The largest absolute Gasteiger partial charge is 0.495 e. The zero-order valence-corrected chi connectivity index (χ0v) is 6.00. The molecule has 3 heteroatoms. The van der Waals surface area contributed by atoms with E-state index in [1.165, 1.54) is 0 Å². The monoisotopic (exact) mass is 140 g/mol. The molecule has 1 rings (SSSR count). The zero-order valence-electron chi connectivity index (χ0n) is 6.00. The second-order valence-corrected chi connectivity index (χ2v) is 2.32. The summed E-state index contributed by atoms with van der Waals surface area (Å²) in [7, 11) is 1.60. The highest BCUT2D eigenvalue weighted by atomic mass is 16.5. The van der Waals surface area contributed by atoms with Gasteiger partial charge in [-0.3, -0.25) is 0 Å². The molecular weight excluding hydrogens is 128 g/mol. The summed E-state index contributed by atoms with van der Waals surface area (Å²) in [6, 6.07) is 0.0545. The summed E-state index contributed by atoms with van der Waals surface area (Å²) in [5, 5.41) is 0. The average Bonchev–Trinajstić information content (AvgIpc) is 1.88. The third-order valence-electron chi connectivity index (χ3n) is 1.49. The van der Waals surface area contributed by atoms with Gasteiger partial charge in [0.05, 0.1) is 12.8 Å². The molecule has 0 radical (unpaired) electrons. The Morgan fingerprint density at radius 1 is 1.70 bits per heavy atom. The molecule has 0 saturated heterocycles. The summed E-state index contributed by atoms with van der Waals surface area (Å²) in [6.45, 7) is 0. The number of allylic oxidation sites excluding steroid dienone is 1. The van der Waals surface area contributed by atoms with Crippen LogP contribution in [0.15, 0.2) is 23.6 Å². The van der Waals surface area contributed by atoms with E-state index in [9.17, 15) is 0 Å². The van der Waals surface area contributed by atoms with Crippen molar-refractivity contribution in [2.24, 2.45) is 11.5 Å². The zero-order chi connectivity index (χ0) is 7.56. The minimum absolute atomic E-state index is 0.0545. The Bertz CT molecular complexity index is 184. The average molecular weight is 140 g/mol. The van der Waals surface area contributed by atoms with Gasteiger partial charge in [0.25, 0.3) is 0 Å². The molecule has 10 heavy (non-hydrogen) atoms. The van der Waals surface area contributed by atoms with Crippen LogP contribution in [0.5, 0.6) is 0 Å². The van der Waals surface area contributed by atoms with E-state index in [2.05, 4.69) is 0 Å². The Balaban J connectivity index is 2.73. The van der Waals surface area contributed by atoms with Gasteiger partial charge in [-0.05, 0) is 6.08 Å². The first-order valence-corrected chi connectivity index (χ1v) is 3.20. The van der Waals surface area contributed by atoms with Crippen LogP contribution in [0.1, 0.15) is 6.42 Å². The minimum atomic E-state index is 0.0545. The predicted octanol–water partition coefficient (Wildman–Crippen LogP) is 0.0903. The maximum absolute atomic E-state index is 5.60. The van der Waals surface area contributed by atoms with Crippen LogP contribution in [0, 0.1) is 0 Å². The summed E-state index contributed by atoms with van der Waals surface area (Å²) < 4.78 is 4.96. The molecule has 1 aliphatic rings. The SMILES string of the molecule is COC1=C(N)CC(N)C=C1. The van der Waals surface area contributed by atoms with Crippen LogP contribution in [-0.4, -0.2) is 13.2 Å². The van der Waals surface area contributed by atoms with E-state index in [0.717, 1.165) is 11.5 Å². The first-order valence-electron chi connectivity index (χ1n) is 3.20. The topological polar surface area (TPSA) is 61.3 Å². The molecule has 56 valence electrons. The molecule has 0 heterocycles. The maximum atomic E-state index is 5.60. The quantitative estimate of drug-likeness (QED) is 0.542. The van der Waals surface area contributed by atoms with Crippen molar-refractivity contribution in [3.63, 3.8) is 0 Å². The van der Waals surface area contributed by atoms with E-state index in [1.807, 2.05) is 12.2 Å². The van der Waals surface area contributed by atoms with Crippen LogP contribution in [0.3, 0.4) is 0 Å². The number of hydrogen-bond donors (Lipinski definition) is 2. The standard InChI is InChI=1S/C7H12N2O/c1-10-7-3-2-5(8)4-6(7)9/h2-3,5H,4,8-9H2,1H3. The van der Waals surface area contributed by atoms with Gasteiger partial charge in [-0.25, -0.2) is 0 Å². The highest BCUT2D eigenvalue weighted by Gasteiger charge is 2.09. The van der Waals surface area contributed by atoms with Gasteiger partial charge in [0, 0.05) is 12.5 Å². The number of ether oxygens (including phenoxy) is 1. The van der Waals surface area contributed by atoms with E-state index in [1.54, 1.807) is 7.11 Å². The fourth-order valence-corrected chi connectivity index (χ4v) is 0.940. The van der Waals surface area contributed by atoms with E-state index >= 15 is 0 Å². The van der Waals surface area contributed by atoms with Crippen molar-refractivity contribution < 1.29 is 4.74 Å². The number of rotatable bonds is 1. The Morgan fingerprint density at radius 2 is 2.40 bits per heavy atom. The van der Waals surface area contributed by atoms with Crippen molar-refractivity contribution in [2.45, 2.75) is 12.5 Å². The molecule has 0 aromatic heterocycles. The van der Waals surface area contributed by atoms with Gasteiger partial charge in [-0.2, -0.15) is 0 Å². The number of hydrogen-bond acceptors (Lipinski definition) is 3. The van der Waals surface area contributed by atoms with Gasteiger partial charge in [0.15, 0.2) is 0 Å². The van der Waals surface area contributed by atoms with Crippen molar-refractivity contribution in [3.05, 3.63) is 23.6 Å². The lowest BCUT2D eigenvalue weighted by atomic mass is 10.1. The molecular formula is C7H12N2O. The van der Waals surface area contributed by atoms with Crippen LogP contribution in [0.25, 0.3) is 0 Å². The van der Waals surface area contributed by atoms with Crippen molar-refractivity contribution in [1.82, 2.24) is 0 Å². The fraction of sp³-hybridized carbons (Fsp3) is 0.429. The molecule has 0 aromatic rings. The van der Waals surface area contributed by atoms with Gasteiger partial charge in [0.2, 0.25) is 0 Å². The molecule has 0 aromatic carbocycles. The molecule has 1 atom stereocenters. The van der Waals surface area contributed by atoms with E-state index in [0.29, 0.717) is 6.42 Å². The van der Waals surface area contributed by atoms with Gasteiger partial charge in [0.1, 0.15) is 5.76 Å². The van der Waals surface area contributed by atoms with E-state index < -0.39 is 0 Å². The first-order chi connectivity index (χ1) is 4.74. The highest BCUT2D eigenvalue weighted by molar-refractivity contribution is 5.25. The highest BCUT2D eigenvalue weighted by Crippen LogP contribution is 2.13. The van der Waals surface area contributed by atoms with Crippen molar-refractivity contribution in [1.29, 1.82) is 0 Å². The molecule has 0 amide bonds. The molecule has 0 saturated carbocycles. The van der Waals surface area contributed by atoms with Crippen LogP contribution >= 0.6 is 0 Å².